The lowest BCUT2D eigenvalue weighted by Crippen LogP contribution is -2.32. The molecule has 0 spiro atoms. The molecule has 1 rings (SSSR count). The van der Waals surface area contributed by atoms with E-state index in [1.807, 2.05) is 0 Å². The number of carboxylic acids is 1. The maximum Gasteiger partial charge on any atom is 0.320 e. The van der Waals surface area contributed by atoms with Crippen molar-refractivity contribution in [3.8, 4) is 11.5 Å². The molecule has 15 heavy (non-hydrogen) atoms. The van der Waals surface area contributed by atoms with E-state index >= 15 is 0 Å². The molecule has 1 unspecified atom stereocenters. The summed E-state index contributed by atoms with van der Waals surface area (Å²) in [5.74, 6) is -1.69. The summed E-state index contributed by atoms with van der Waals surface area (Å²) in [6.07, 6.45) is 0.0732. The Kier molecular flexibility index (Phi) is 3.54. The van der Waals surface area contributed by atoms with Crippen molar-refractivity contribution in [2.75, 3.05) is 0 Å². The summed E-state index contributed by atoms with van der Waals surface area (Å²) in [5.41, 5.74) is 5.87. The molecule has 5 nitrogen and oxygen atoms in total. The Bertz CT molecular complexity index is 394. The highest BCUT2D eigenvalue weighted by Crippen LogP contribution is 2.31. The van der Waals surface area contributed by atoms with Gasteiger partial charge >= 0.3 is 5.97 Å². The van der Waals surface area contributed by atoms with Crippen molar-refractivity contribution in [1.82, 2.24) is 0 Å². The van der Waals surface area contributed by atoms with Gasteiger partial charge in [0.2, 0.25) is 0 Å². The van der Waals surface area contributed by atoms with Gasteiger partial charge in [-0.3, -0.25) is 4.79 Å². The number of phenols is 2. The molecule has 0 aliphatic carbocycles. The van der Waals surface area contributed by atoms with Crippen molar-refractivity contribution in [3.05, 3.63) is 22.2 Å². The Morgan fingerprint density at radius 2 is 1.93 bits per heavy atom. The van der Waals surface area contributed by atoms with Gasteiger partial charge in [0.1, 0.15) is 6.04 Å². The number of halogens is 1. The number of nitrogens with two attached hydrogens (primary N) is 1. The van der Waals surface area contributed by atoms with Gasteiger partial charge in [-0.1, -0.05) is 15.9 Å². The molecule has 0 heterocycles. The van der Waals surface area contributed by atoms with Crippen LogP contribution in [-0.4, -0.2) is 27.3 Å². The summed E-state index contributed by atoms with van der Waals surface area (Å²) in [4.78, 5) is 10.5. The molecule has 82 valence electrons. The highest BCUT2D eigenvalue weighted by Gasteiger charge is 2.15. The Balaban J connectivity index is 2.95. The molecule has 0 fully saturated rings. The minimum absolute atomic E-state index is 0.0732. The maximum absolute atomic E-state index is 10.5. The van der Waals surface area contributed by atoms with E-state index in [1.54, 1.807) is 0 Å². The lowest BCUT2D eigenvalue weighted by atomic mass is 10.1. The van der Waals surface area contributed by atoms with E-state index in [2.05, 4.69) is 15.9 Å². The van der Waals surface area contributed by atoms with Gasteiger partial charge < -0.3 is 21.1 Å². The zero-order valence-corrected chi connectivity index (χ0v) is 9.23. The van der Waals surface area contributed by atoms with E-state index in [0.717, 1.165) is 0 Å². The minimum atomic E-state index is -1.12. The van der Waals surface area contributed by atoms with Gasteiger partial charge in [0.25, 0.3) is 0 Å². The summed E-state index contributed by atoms with van der Waals surface area (Å²) < 4.78 is 0.509. The second-order valence-electron chi connectivity index (χ2n) is 3.08. The summed E-state index contributed by atoms with van der Waals surface area (Å²) in [6.45, 7) is 0. The van der Waals surface area contributed by atoms with Crippen molar-refractivity contribution in [2.24, 2.45) is 5.73 Å². The number of hydrogen-bond acceptors (Lipinski definition) is 4. The molecular formula is C9H10BrNO4. The highest BCUT2D eigenvalue weighted by atomic mass is 79.9. The number of rotatable bonds is 3. The van der Waals surface area contributed by atoms with Crippen LogP contribution >= 0.6 is 15.9 Å². The number of hydrogen-bond donors (Lipinski definition) is 4. The molecule has 0 aliphatic rings. The first-order valence-electron chi connectivity index (χ1n) is 4.10. The minimum Gasteiger partial charge on any atom is -0.504 e. The van der Waals surface area contributed by atoms with E-state index < -0.39 is 12.0 Å². The quantitative estimate of drug-likeness (QED) is 0.612. The molecule has 1 aromatic rings. The van der Waals surface area contributed by atoms with Gasteiger partial charge in [0, 0.05) is 4.47 Å². The van der Waals surface area contributed by atoms with Crippen LogP contribution in [0.1, 0.15) is 5.56 Å². The summed E-state index contributed by atoms with van der Waals surface area (Å²) in [7, 11) is 0. The zero-order valence-electron chi connectivity index (χ0n) is 7.64. The second-order valence-corrected chi connectivity index (χ2v) is 3.94. The number of phenolic OH excluding ortho intramolecular Hbond substituents is 2. The molecule has 6 heteroatoms. The third kappa shape index (κ3) is 2.84. The van der Waals surface area contributed by atoms with Crippen molar-refractivity contribution < 1.29 is 20.1 Å². The van der Waals surface area contributed by atoms with E-state index in [1.165, 1.54) is 12.1 Å². The van der Waals surface area contributed by atoms with Crippen LogP contribution in [0.15, 0.2) is 16.6 Å². The van der Waals surface area contributed by atoms with Crippen LogP contribution in [0.4, 0.5) is 0 Å². The van der Waals surface area contributed by atoms with Crippen molar-refractivity contribution >= 4 is 21.9 Å². The first-order chi connectivity index (χ1) is 6.91. The summed E-state index contributed by atoms with van der Waals surface area (Å²) >= 11 is 3.14. The first-order valence-corrected chi connectivity index (χ1v) is 4.90. The average molecular weight is 276 g/mol. The second kappa shape index (κ2) is 4.50. The molecule has 0 aromatic heterocycles. The normalized spacial score (nSPS) is 12.4. The van der Waals surface area contributed by atoms with E-state index in [9.17, 15) is 9.90 Å². The van der Waals surface area contributed by atoms with Crippen LogP contribution in [-0.2, 0) is 11.2 Å². The summed E-state index contributed by atoms with van der Waals surface area (Å²) in [5, 5.41) is 27.0. The van der Waals surface area contributed by atoms with Gasteiger partial charge in [-0.2, -0.15) is 0 Å². The van der Waals surface area contributed by atoms with Crippen molar-refractivity contribution in [3.63, 3.8) is 0 Å². The predicted molar refractivity (Wildman–Crippen MR) is 56.8 cm³/mol. The first kappa shape index (κ1) is 11.8. The highest BCUT2D eigenvalue weighted by molar-refractivity contribution is 9.10. The van der Waals surface area contributed by atoms with E-state index in [4.69, 9.17) is 15.9 Å². The fraction of sp³-hybridized carbons (Fsp3) is 0.222. The molecule has 0 aliphatic heterocycles. The number of aromatic hydroxyl groups is 2. The third-order valence-corrected chi connectivity index (χ3v) is 2.64. The Morgan fingerprint density at radius 3 is 2.47 bits per heavy atom. The monoisotopic (exact) mass is 275 g/mol. The average Bonchev–Trinajstić information content (AvgIpc) is 2.13. The number of aliphatic carboxylic acids is 1. The standard InChI is InChI=1S/C9H10BrNO4/c10-5-3-8(13)7(12)2-4(5)1-6(11)9(14)15/h2-3,6,12-13H,1,11H2,(H,14,15). The Hall–Kier alpha value is -1.27. The van der Waals surface area contributed by atoms with Gasteiger partial charge in [-0.25, -0.2) is 0 Å². The van der Waals surface area contributed by atoms with Gasteiger partial charge in [0.15, 0.2) is 11.5 Å². The zero-order chi connectivity index (χ0) is 11.6. The molecule has 1 aromatic carbocycles. The van der Waals surface area contributed by atoms with Crippen LogP contribution in [0.2, 0.25) is 0 Å². The lowest BCUT2D eigenvalue weighted by Gasteiger charge is -2.09. The van der Waals surface area contributed by atoms with E-state index in [-0.39, 0.29) is 17.9 Å². The van der Waals surface area contributed by atoms with Crippen LogP contribution in [0.5, 0.6) is 11.5 Å². The van der Waals surface area contributed by atoms with Gasteiger partial charge in [0.05, 0.1) is 0 Å². The number of carboxylic acid groups (broad SMARTS) is 1. The maximum atomic E-state index is 10.5. The third-order valence-electron chi connectivity index (χ3n) is 1.90. The molecule has 1 atom stereocenters. The Labute approximate surface area is 94.3 Å². The van der Waals surface area contributed by atoms with Crippen molar-refractivity contribution in [1.29, 1.82) is 0 Å². The smallest absolute Gasteiger partial charge is 0.320 e. The van der Waals surface area contributed by atoms with Gasteiger partial charge in [-0.15, -0.1) is 0 Å². The summed E-state index contributed by atoms with van der Waals surface area (Å²) in [6, 6.07) is 1.53. The van der Waals surface area contributed by atoms with Crippen LogP contribution < -0.4 is 5.73 Å². The predicted octanol–water partition coefficient (Wildman–Crippen LogP) is 0.815. The topological polar surface area (TPSA) is 104 Å². The molecule has 0 saturated heterocycles. The Morgan fingerprint density at radius 1 is 1.40 bits per heavy atom. The van der Waals surface area contributed by atoms with Crippen LogP contribution in [0.25, 0.3) is 0 Å². The fourth-order valence-electron chi connectivity index (χ4n) is 1.08. The van der Waals surface area contributed by atoms with Gasteiger partial charge in [-0.05, 0) is 24.1 Å². The SMILES string of the molecule is NC(Cc1cc(O)c(O)cc1Br)C(=O)O. The molecule has 5 N–H and O–H groups in total. The number of benzene rings is 1. The number of carbonyl (C=O) groups is 1. The van der Waals surface area contributed by atoms with E-state index in [0.29, 0.717) is 10.0 Å². The van der Waals surface area contributed by atoms with Crippen LogP contribution in [0, 0.1) is 0 Å². The van der Waals surface area contributed by atoms with Crippen LogP contribution in [0.3, 0.4) is 0 Å². The molecule has 0 bridgehead atoms. The molecule has 0 radical (unpaired) electrons. The fourth-order valence-corrected chi connectivity index (χ4v) is 1.57. The molecule has 0 amide bonds. The molecular weight excluding hydrogens is 266 g/mol. The lowest BCUT2D eigenvalue weighted by molar-refractivity contribution is -0.138. The van der Waals surface area contributed by atoms with Crippen molar-refractivity contribution in [2.45, 2.75) is 12.5 Å². The molecule has 0 saturated carbocycles. The largest absolute Gasteiger partial charge is 0.504 e.